The van der Waals surface area contributed by atoms with Gasteiger partial charge in [0.15, 0.2) is 0 Å². The fourth-order valence-electron chi connectivity index (χ4n) is 2.82. The number of carbonyl (C=O) groups is 1. The predicted molar refractivity (Wildman–Crippen MR) is 100 cm³/mol. The number of pyridine rings is 1. The van der Waals surface area contributed by atoms with Crippen LogP contribution >= 0.6 is 0 Å². The fourth-order valence-corrected chi connectivity index (χ4v) is 2.82. The molecule has 0 bridgehead atoms. The van der Waals surface area contributed by atoms with E-state index in [0.717, 1.165) is 29.9 Å². The smallest absolute Gasteiger partial charge is 0.336 e. The first-order valence-corrected chi connectivity index (χ1v) is 8.47. The summed E-state index contributed by atoms with van der Waals surface area (Å²) in [5.41, 5.74) is 3.87. The van der Waals surface area contributed by atoms with E-state index in [2.05, 4.69) is 9.88 Å². The number of nitrogens with zero attached hydrogens (tertiary/aromatic N) is 4. The number of hydrogen-bond donors (Lipinski definition) is 1. The second-order valence-corrected chi connectivity index (χ2v) is 6.44. The Balaban J connectivity index is 1.98. The van der Waals surface area contributed by atoms with E-state index in [0.29, 0.717) is 12.0 Å². The van der Waals surface area contributed by atoms with Crippen LogP contribution in [0.5, 0.6) is 0 Å². The number of rotatable bonds is 7. The summed E-state index contributed by atoms with van der Waals surface area (Å²) in [5.74, 6) is -0.948. The lowest BCUT2D eigenvalue weighted by Gasteiger charge is -2.08. The number of likely N-dealkylation sites (N-methyl/N-ethyl adjacent to an activating group) is 1. The Labute approximate surface area is 152 Å². The maximum Gasteiger partial charge on any atom is 0.336 e. The molecule has 0 amide bonds. The Morgan fingerprint density at radius 1 is 1.19 bits per heavy atom. The molecule has 0 saturated carbocycles. The molecule has 2 heterocycles. The van der Waals surface area contributed by atoms with Gasteiger partial charge in [0.05, 0.1) is 17.8 Å². The van der Waals surface area contributed by atoms with Crippen LogP contribution in [0.25, 0.3) is 11.1 Å². The Morgan fingerprint density at radius 3 is 2.65 bits per heavy atom. The summed E-state index contributed by atoms with van der Waals surface area (Å²) in [7, 11) is 4.05. The largest absolute Gasteiger partial charge is 0.478 e. The second kappa shape index (κ2) is 7.93. The van der Waals surface area contributed by atoms with Crippen LogP contribution in [0, 0.1) is 0 Å². The van der Waals surface area contributed by atoms with E-state index >= 15 is 0 Å². The van der Waals surface area contributed by atoms with E-state index in [1.807, 2.05) is 55.3 Å². The van der Waals surface area contributed by atoms with Crippen molar-refractivity contribution in [3.05, 3.63) is 71.8 Å². The highest BCUT2D eigenvalue weighted by Gasteiger charge is 2.16. The summed E-state index contributed by atoms with van der Waals surface area (Å²) in [6.07, 6.45) is 5.57. The number of carboxylic acid groups (broad SMARTS) is 1. The third-order valence-corrected chi connectivity index (χ3v) is 4.19. The minimum absolute atomic E-state index is 0.266. The molecule has 134 valence electrons. The molecular weight excluding hydrogens is 328 g/mol. The number of aromatic carboxylic acids is 1. The Hall–Kier alpha value is -2.99. The molecule has 0 saturated heterocycles. The van der Waals surface area contributed by atoms with Crippen molar-refractivity contribution in [1.82, 2.24) is 19.7 Å². The van der Waals surface area contributed by atoms with Crippen molar-refractivity contribution < 1.29 is 9.90 Å². The Kier molecular flexibility index (Phi) is 5.43. The van der Waals surface area contributed by atoms with E-state index in [9.17, 15) is 9.90 Å². The SMILES string of the molecule is CN(C)CCn1cc(-c2ccccc2)c(Cc2cnccc2C(=O)O)n1. The molecule has 0 fully saturated rings. The van der Waals surface area contributed by atoms with Gasteiger partial charge in [-0.05, 0) is 31.3 Å². The summed E-state index contributed by atoms with van der Waals surface area (Å²) >= 11 is 0. The molecule has 0 aliphatic carbocycles. The van der Waals surface area contributed by atoms with Crippen molar-refractivity contribution in [3.63, 3.8) is 0 Å². The zero-order valence-electron chi connectivity index (χ0n) is 15.0. The van der Waals surface area contributed by atoms with E-state index in [1.54, 1.807) is 6.20 Å². The molecule has 0 aliphatic heterocycles. The zero-order chi connectivity index (χ0) is 18.5. The summed E-state index contributed by atoms with van der Waals surface area (Å²) in [5, 5.41) is 14.1. The Bertz CT molecular complexity index is 888. The van der Waals surface area contributed by atoms with E-state index < -0.39 is 5.97 Å². The van der Waals surface area contributed by atoms with Gasteiger partial charge in [-0.15, -0.1) is 0 Å². The molecular formula is C20H22N4O2. The first kappa shape index (κ1) is 17.8. The lowest BCUT2D eigenvalue weighted by molar-refractivity contribution is 0.0695. The van der Waals surface area contributed by atoms with Gasteiger partial charge in [0, 0.05) is 37.1 Å². The second-order valence-electron chi connectivity index (χ2n) is 6.44. The minimum Gasteiger partial charge on any atom is -0.478 e. The molecule has 2 aromatic heterocycles. The zero-order valence-corrected chi connectivity index (χ0v) is 15.0. The standard InChI is InChI=1S/C20H22N4O2/c1-23(2)10-11-24-14-18(15-6-4-3-5-7-15)19(22-24)12-16-13-21-9-8-17(16)20(25)26/h3-9,13-14H,10-12H2,1-2H3,(H,25,26). The van der Waals surface area contributed by atoms with Crippen molar-refractivity contribution in [3.8, 4) is 11.1 Å². The van der Waals surface area contributed by atoms with Crippen molar-refractivity contribution >= 4 is 5.97 Å². The molecule has 0 radical (unpaired) electrons. The summed E-state index contributed by atoms with van der Waals surface area (Å²) in [6, 6.07) is 11.6. The van der Waals surface area contributed by atoms with Crippen LogP contribution in [0.4, 0.5) is 0 Å². The average Bonchev–Trinajstić information content (AvgIpc) is 3.04. The molecule has 1 aromatic carbocycles. The number of aromatic nitrogens is 3. The average molecular weight is 350 g/mol. The molecule has 1 N–H and O–H groups in total. The van der Waals surface area contributed by atoms with Gasteiger partial charge in [-0.2, -0.15) is 5.10 Å². The van der Waals surface area contributed by atoms with E-state index in [-0.39, 0.29) is 5.56 Å². The highest BCUT2D eigenvalue weighted by molar-refractivity contribution is 5.89. The molecule has 0 unspecified atom stereocenters. The van der Waals surface area contributed by atoms with Gasteiger partial charge in [-0.25, -0.2) is 4.79 Å². The summed E-state index contributed by atoms with van der Waals surface area (Å²) in [4.78, 5) is 17.7. The van der Waals surface area contributed by atoms with Gasteiger partial charge in [0.25, 0.3) is 0 Å². The lowest BCUT2D eigenvalue weighted by Crippen LogP contribution is -2.18. The van der Waals surface area contributed by atoms with Crippen LogP contribution in [-0.4, -0.2) is 51.4 Å². The van der Waals surface area contributed by atoms with Gasteiger partial charge in [-0.1, -0.05) is 30.3 Å². The molecule has 0 aliphatic rings. The highest BCUT2D eigenvalue weighted by atomic mass is 16.4. The minimum atomic E-state index is -0.948. The first-order valence-electron chi connectivity index (χ1n) is 8.47. The van der Waals surface area contributed by atoms with Crippen molar-refractivity contribution in [2.75, 3.05) is 20.6 Å². The molecule has 26 heavy (non-hydrogen) atoms. The molecule has 0 atom stereocenters. The quantitative estimate of drug-likeness (QED) is 0.709. The summed E-state index contributed by atoms with van der Waals surface area (Å²) in [6.45, 7) is 1.65. The highest BCUT2D eigenvalue weighted by Crippen LogP contribution is 2.25. The topological polar surface area (TPSA) is 71.2 Å². The van der Waals surface area contributed by atoms with Crippen LogP contribution in [-0.2, 0) is 13.0 Å². The van der Waals surface area contributed by atoms with Crippen LogP contribution in [0.1, 0.15) is 21.6 Å². The van der Waals surface area contributed by atoms with E-state index in [4.69, 9.17) is 5.10 Å². The van der Waals surface area contributed by atoms with Crippen molar-refractivity contribution in [2.24, 2.45) is 0 Å². The van der Waals surface area contributed by atoms with Gasteiger partial charge in [0.2, 0.25) is 0 Å². The molecule has 6 heteroatoms. The third kappa shape index (κ3) is 4.15. The molecule has 3 aromatic rings. The van der Waals surface area contributed by atoms with Gasteiger partial charge in [0.1, 0.15) is 0 Å². The molecule has 0 spiro atoms. The van der Waals surface area contributed by atoms with Crippen molar-refractivity contribution in [1.29, 1.82) is 0 Å². The van der Waals surface area contributed by atoms with E-state index in [1.165, 1.54) is 12.3 Å². The van der Waals surface area contributed by atoms with Crippen LogP contribution in [0.15, 0.2) is 55.0 Å². The first-order chi connectivity index (χ1) is 12.5. The number of hydrogen-bond acceptors (Lipinski definition) is 4. The van der Waals surface area contributed by atoms with Crippen LogP contribution < -0.4 is 0 Å². The maximum absolute atomic E-state index is 11.5. The van der Waals surface area contributed by atoms with Gasteiger partial charge < -0.3 is 10.0 Å². The predicted octanol–water partition coefficient (Wildman–Crippen LogP) is 2.80. The summed E-state index contributed by atoms with van der Waals surface area (Å²) < 4.78 is 1.93. The number of benzene rings is 1. The lowest BCUT2D eigenvalue weighted by atomic mass is 10.00. The van der Waals surface area contributed by atoms with Crippen molar-refractivity contribution in [2.45, 2.75) is 13.0 Å². The maximum atomic E-state index is 11.5. The third-order valence-electron chi connectivity index (χ3n) is 4.19. The Morgan fingerprint density at radius 2 is 1.96 bits per heavy atom. The molecule has 6 nitrogen and oxygen atoms in total. The monoisotopic (exact) mass is 350 g/mol. The van der Waals surface area contributed by atoms with Crippen LogP contribution in [0.2, 0.25) is 0 Å². The normalized spacial score (nSPS) is 11.0. The molecule has 3 rings (SSSR count). The van der Waals surface area contributed by atoms with Gasteiger partial charge in [-0.3, -0.25) is 9.67 Å². The number of carboxylic acids is 1. The fraction of sp³-hybridized carbons (Fsp3) is 0.250. The van der Waals surface area contributed by atoms with Crippen LogP contribution in [0.3, 0.4) is 0 Å². The van der Waals surface area contributed by atoms with Gasteiger partial charge >= 0.3 is 5.97 Å².